The number of hydrogen-bond acceptors (Lipinski definition) is 3. The predicted octanol–water partition coefficient (Wildman–Crippen LogP) is 4.47. The molecule has 1 nitrogen and oxygen atoms in total. The number of benzene rings is 1. The van der Waals surface area contributed by atoms with Crippen molar-refractivity contribution in [2.24, 2.45) is 0 Å². The number of carbonyl (C=O) groups is 1. The van der Waals surface area contributed by atoms with E-state index < -0.39 is 0 Å². The molecule has 0 spiro atoms. The van der Waals surface area contributed by atoms with E-state index in [2.05, 4.69) is 15.9 Å². The fraction of sp³-hybridized carbons (Fsp3) is 0. The van der Waals surface area contributed by atoms with Crippen molar-refractivity contribution < 1.29 is 4.79 Å². The maximum atomic E-state index is 10.8. The van der Waals surface area contributed by atoms with Gasteiger partial charge in [-0.3, -0.25) is 4.79 Å². The molecule has 1 aromatic heterocycles. The van der Waals surface area contributed by atoms with Gasteiger partial charge in [0.25, 0.3) is 0 Å². The summed E-state index contributed by atoms with van der Waals surface area (Å²) in [7, 11) is 0. The average molecular weight is 299 g/mol. The Labute approximate surface area is 105 Å². The third kappa shape index (κ3) is 2.71. The molecule has 0 fully saturated rings. The normalized spacial score (nSPS) is 10.2. The van der Waals surface area contributed by atoms with Crippen LogP contribution in [-0.2, 0) is 0 Å². The summed E-state index contributed by atoms with van der Waals surface area (Å²) in [6.07, 6.45) is 0.891. The van der Waals surface area contributed by atoms with E-state index in [9.17, 15) is 4.79 Å². The molecule has 0 aliphatic carbocycles. The van der Waals surface area contributed by atoms with Gasteiger partial charge in [-0.05, 0) is 29.6 Å². The molecule has 0 N–H and O–H groups in total. The minimum Gasteiger partial charge on any atom is -0.298 e. The van der Waals surface area contributed by atoms with E-state index >= 15 is 0 Å². The first-order valence-electron chi connectivity index (χ1n) is 4.25. The summed E-state index contributed by atoms with van der Waals surface area (Å²) < 4.78 is 2.18. The summed E-state index contributed by atoms with van der Waals surface area (Å²) in [5, 5.41) is 2.03. The smallest absolute Gasteiger partial charge is 0.151 e. The van der Waals surface area contributed by atoms with Crippen molar-refractivity contribution in [1.82, 2.24) is 0 Å². The van der Waals surface area contributed by atoms with Gasteiger partial charge in [0.2, 0.25) is 0 Å². The first kappa shape index (κ1) is 10.9. The zero-order valence-corrected chi connectivity index (χ0v) is 10.9. The average Bonchev–Trinajstić information content (AvgIpc) is 2.71. The molecular weight excluding hydrogens is 292 g/mol. The Hall–Kier alpha value is -0.580. The Kier molecular flexibility index (Phi) is 3.61. The topological polar surface area (TPSA) is 17.1 Å². The zero-order valence-electron chi connectivity index (χ0n) is 7.64. The first-order chi connectivity index (χ1) is 7.29. The molecule has 0 saturated carbocycles. The van der Waals surface area contributed by atoms with Crippen LogP contribution in [0.2, 0.25) is 0 Å². The van der Waals surface area contributed by atoms with Crippen LogP contribution in [0.1, 0.15) is 10.4 Å². The number of thiophene rings is 1. The Bertz CT molecular complexity index is 465. The van der Waals surface area contributed by atoms with Gasteiger partial charge in [0, 0.05) is 14.9 Å². The van der Waals surface area contributed by atoms with Crippen molar-refractivity contribution in [3.63, 3.8) is 0 Å². The van der Waals surface area contributed by atoms with Gasteiger partial charge in [-0.1, -0.05) is 33.8 Å². The van der Waals surface area contributed by atoms with Gasteiger partial charge in [-0.2, -0.15) is 0 Å². The van der Waals surface area contributed by atoms with E-state index in [1.165, 1.54) is 4.21 Å². The predicted molar refractivity (Wildman–Crippen MR) is 68.0 cm³/mol. The van der Waals surface area contributed by atoms with E-state index in [4.69, 9.17) is 0 Å². The summed E-state index contributed by atoms with van der Waals surface area (Å²) in [6, 6.07) is 9.72. The van der Waals surface area contributed by atoms with Crippen molar-refractivity contribution in [1.29, 1.82) is 0 Å². The number of aldehydes is 1. The molecule has 0 radical (unpaired) electrons. The molecule has 0 unspecified atom stereocenters. The standard InChI is InChI=1S/C11H7BrOS2/c12-9-4-3-8(7-13)10(6-9)15-11-2-1-5-14-11/h1-7H. The largest absolute Gasteiger partial charge is 0.298 e. The van der Waals surface area contributed by atoms with E-state index in [-0.39, 0.29) is 0 Å². The minimum atomic E-state index is 0.733. The fourth-order valence-corrected chi connectivity index (χ4v) is 3.50. The molecule has 0 atom stereocenters. The first-order valence-corrected chi connectivity index (χ1v) is 6.74. The lowest BCUT2D eigenvalue weighted by Gasteiger charge is -2.02. The van der Waals surface area contributed by atoms with Crippen LogP contribution in [0.5, 0.6) is 0 Å². The van der Waals surface area contributed by atoms with Crippen LogP contribution < -0.4 is 0 Å². The third-order valence-electron chi connectivity index (χ3n) is 1.81. The lowest BCUT2D eigenvalue weighted by atomic mass is 10.2. The van der Waals surface area contributed by atoms with Crippen LogP contribution in [0, 0.1) is 0 Å². The van der Waals surface area contributed by atoms with Crippen LogP contribution in [0.25, 0.3) is 0 Å². The minimum absolute atomic E-state index is 0.733. The van der Waals surface area contributed by atoms with E-state index in [0.29, 0.717) is 0 Å². The van der Waals surface area contributed by atoms with Crippen molar-refractivity contribution in [2.45, 2.75) is 9.10 Å². The molecule has 0 saturated heterocycles. The molecule has 2 aromatic rings. The van der Waals surface area contributed by atoms with Gasteiger partial charge in [-0.15, -0.1) is 11.3 Å². The Morgan fingerprint density at radius 2 is 2.20 bits per heavy atom. The Balaban J connectivity index is 2.34. The molecule has 76 valence electrons. The number of rotatable bonds is 3. The Morgan fingerprint density at radius 3 is 2.87 bits per heavy atom. The van der Waals surface area contributed by atoms with Crippen molar-refractivity contribution in [2.75, 3.05) is 0 Å². The van der Waals surface area contributed by atoms with E-state index in [1.807, 2.05) is 35.7 Å². The van der Waals surface area contributed by atoms with Gasteiger partial charge in [0.15, 0.2) is 6.29 Å². The van der Waals surface area contributed by atoms with Gasteiger partial charge in [0.05, 0.1) is 4.21 Å². The van der Waals surface area contributed by atoms with Crippen molar-refractivity contribution in [3.8, 4) is 0 Å². The molecule has 1 aromatic carbocycles. The zero-order chi connectivity index (χ0) is 10.7. The number of hydrogen-bond donors (Lipinski definition) is 0. The van der Waals surface area contributed by atoms with Gasteiger partial charge >= 0.3 is 0 Å². The molecule has 0 amide bonds. The molecule has 0 aliphatic rings. The third-order valence-corrected chi connectivity index (χ3v) is 4.41. The highest BCUT2D eigenvalue weighted by atomic mass is 79.9. The lowest BCUT2D eigenvalue weighted by molar-refractivity contribution is 0.112. The number of carbonyl (C=O) groups excluding carboxylic acids is 1. The van der Waals surface area contributed by atoms with Crippen molar-refractivity contribution >= 4 is 45.3 Å². The quantitative estimate of drug-likeness (QED) is 0.778. The van der Waals surface area contributed by atoms with Crippen molar-refractivity contribution in [3.05, 3.63) is 45.7 Å². The van der Waals surface area contributed by atoms with E-state index in [1.54, 1.807) is 23.1 Å². The molecule has 4 heteroatoms. The van der Waals surface area contributed by atoms with Gasteiger partial charge in [-0.25, -0.2) is 0 Å². The monoisotopic (exact) mass is 298 g/mol. The molecule has 2 rings (SSSR count). The molecule has 15 heavy (non-hydrogen) atoms. The maximum Gasteiger partial charge on any atom is 0.151 e. The number of halogens is 1. The van der Waals surface area contributed by atoms with Crippen LogP contribution in [0.4, 0.5) is 0 Å². The summed E-state index contributed by atoms with van der Waals surface area (Å²) in [4.78, 5) is 11.8. The second-order valence-corrected chi connectivity index (χ2v) is 6.04. The second-order valence-electron chi connectivity index (χ2n) is 2.83. The Morgan fingerprint density at radius 1 is 1.33 bits per heavy atom. The fourth-order valence-electron chi connectivity index (χ4n) is 1.12. The molecule has 0 aliphatic heterocycles. The molecular formula is C11H7BrOS2. The van der Waals surface area contributed by atoms with Gasteiger partial charge < -0.3 is 0 Å². The SMILES string of the molecule is O=Cc1ccc(Br)cc1Sc1cccs1. The maximum absolute atomic E-state index is 10.8. The molecule has 0 bridgehead atoms. The summed E-state index contributed by atoms with van der Waals surface area (Å²) in [6.45, 7) is 0. The van der Waals surface area contributed by atoms with Crippen LogP contribution in [-0.4, -0.2) is 6.29 Å². The second kappa shape index (κ2) is 4.96. The highest BCUT2D eigenvalue weighted by Gasteiger charge is 2.05. The van der Waals surface area contributed by atoms with E-state index in [0.717, 1.165) is 21.2 Å². The van der Waals surface area contributed by atoms with Crippen LogP contribution in [0.15, 0.2) is 49.3 Å². The van der Waals surface area contributed by atoms with Crippen LogP contribution >= 0.6 is 39.0 Å². The van der Waals surface area contributed by atoms with Crippen LogP contribution in [0.3, 0.4) is 0 Å². The highest BCUT2D eigenvalue weighted by Crippen LogP contribution is 2.34. The summed E-state index contributed by atoms with van der Waals surface area (Å²) in [5.41, 5.74) is 0.733. The lowest BCUT2D eigenvalue weighted by Crippen LogP contribution is -1.83. The molecule has 1 heterocycles. The summed E-state index contributed by atoms with van der Waals surface area (Å²) in [5.74, 6) is 0. The highest BCUT2D eigenvalue weighted by molar-refractivity contribution is 9.10. The van der Waals surface area contributed by atoms with Gasteiger partial charge in [0.1, 0.15) is 0 Å². The summed E-state index contributed by atoms with van der Waals surface area (Å²) >= 11 is 6.70.